The molecule has 2 atom stereocenters. The number of imide groups is 1. The number of piperidine rings is 1. The minimum Gasteiger partial charge on any atom is -0.508 e. The number of nitrogens with one attached hydrogen (secondary N) is 2. The zero-order valence-corrected chi connectivity index (χ0v) is 17.4. The molecule has 2 aliphatic heterocycles. The van der Waals surface area contributed by atoms with Crippen molar-refractivity contribution >= 4 is 29.6 Å². The van der Waals surface area contributed by atoms with Crippen molar-refractivity contribution in [3.63, 3.8) is 0 Å². The van der Waals surface area contributed by atoms with Gasteiger partial charge in [0.15, 0.2) is 0 Å². The Kier molecular flexibility index (Phi) is 5.82. The summed E-state index contributed by atoms with van der Waals surface area (Å²) in [4.78, 5) is 62.6. The first-order valence-electron chi connectivity index (χ1n) is 10.3. The van der Waals surface area contributed by atoms with Crippen molar-refractivity contribution in [2.24, 2.45) is 0 Å². The third-order valence-electron chi connectivity index (χ3n) is 5.81. The Labute approximate surface area is 188 Å². The Hall–Kier alpha value is -4.21. The Bertz CT molecular complexity index is 1160. The van der Waals surface area contributed by atoms with Gasteiger partial charge in [-0.15, -0.1) is 0 Å². The lowest BCUT2D eigenvalue weighted by Crippen LogP contribution is -2.52. The van der Waals surface area contributed by atoms with Gasteiger partial charge in [0, 0.05) is 30.5 Å². The van der Waals surface area contributed by atoms with E-state index >= 15 is 0 Å². The highest BCUT2D eigenvalue weighted by atomic mass is 16.4. The smallest absolute Gasteiger partial charge is 0.326 e. The van der Waals surface area contributed by atoms with Gasteiger partial charge in [0.25, 0.3) is 11.8 Å². The number of benzene rings is 2. The number of carbonyl (C=O) groups is 5. The number of hydrogen-bond acceptors (Lipinski definition) is 6. The fourth-order valence-electron chi connectivity index (χ4n) is 4.10. The number of carboxylic acids is 1. The van der Waals surface area contributed by atoms with E-state index in [1.165, 1.54) is 29.2 Å². The van der Waals surface area contributed by atoms with Gasteiger partial charge in [0.2, 0.25) is 11.8 Å². The standard InChI is InChI=1S/C23H21N3O7/c27-13-6-4-12(5-7-13)10-17(23(32)33)24-20(29)14-2-1-3-15-16(14)11-26(22(15)31)18-8-9-19(28)25-21(18)30/h1-7,17-18,27H,8-11H2,(H,24,29)(H,32,33)(H,25,28,30)/t17-,18?/m0/s1. The number of fused-ring (bicyclic) bond motifs is 1. The lowest BCUT2D eigenvalue weighted by molar-refractivity contribution is -0.139. The molecule has 0 aromatic heterocycles. The molecule has 0 aliphatic carbocycles. The fourth-order valence-corrected chi connectivity index (χ4v) is 4.10. The molecular formula is C23H21N3O7. The van der Waals surface area contributed by atoms with Crippen molar-refractivity contribution < 1.29 is 34.2 Å². The molecule has 2 heterocycles. The van der Waals surface area contributed by atoms with Gasteiger partial charge in [-0.1, -0.05) is 18.2 Å². The van der Waals surface area contributed by atoms with Gasteiger partial charge < -0.3 is 20.4 Å². The minimum atomic E-state index is -1.23. The molecule has 0 spiro atoms. The second-order valence-electron chi connectivity index (χ2n) is 7.97. The molecule has 0 radical (unpaired) electrons. The van der Waals surface area contributed by atoms with Crippen LogP contribution >= 0.6 is 0 Å². The minimum absolute atomic E-state index is 0.000261. The molecule has 33 heavy (non-hydrogen) atoms. The Morgan fingerprint density at radius 1 is 1.12 bits per heavy atom. The number of rotatable bonds is 6. The van der Waals surface area contributed by atoms with Crippen LogP contribution in [0.2, 0.25) is 0 Å². The van der Waals surface area contributed by atoms with Crippen LogP contribution in [0.5, 0.6) is 5.75 Å². The molecule has 4 rings (SSSR count). The summed E-state index contributed by atoms with van der Waals surface area (Å²) in [6.45, 7) is -0.000261. The van der Waals surface area contributed by atoms with Crippen LogP contribution in [0, 0.1) is 0 Å². The first kappa shape index (κ1) is 22.0. The second kappa shape index (κ2) is 8.73. The topological polar surface area (TPSA) is 153 Å². The zero-order valence-electron chi connectivity index (χ0n) is 17.4. The van der Waals surface area contributed by atoms with E-state index in [4.69, 9.17) is 0 Å². The predicted molar refractivity (Wildman–Crippen MR) is 113 cm³/mol. The predicted octanol–water partition coefficient (Wildman–Crippen LogP) is 0.579. The molecule has 10 nitrogen and oxygen atoms in total. The van der Waals surface area contributed by atoms with E-state index in [0.29, 0.717) is 11.1 Å². The van der Waals surface area contributed by atoms with E-state index in [2.05, 4.69) is 10.6 Å². The quantitative estimate of drug-likeness (QED) is 0.469. The van der Waals surface area contributed by atoms with Gasteiger partial charge >= 0.3 is 5.97 Å². The van der Waals surface area contributed by atoms with Crippen LogP contribution in [-0.4, -0.2) is 56.8 Å². The number of carboxylic acid groups (broad SMARTS) is 1. The van der Waals surface area contributed by atoms with Gasteiger partial charge in [-0.25, -0.2) is 4.79 Å². The first-order chi connectivity index (χ1) is 15.7. The number of carbonyl (C=O) groups excluding carboxylic acids is 4. The highest BCUT2D eigenvalue weighted by Crippen LogP contribution is 2.30. The SMILES string of the molecule is O=C1CCC(N2Cc3c(C(=O)N[C@@H](Cc4ccc(O)cc4)C(=O)O)cccc3C2=O)C(=O)N1. The van der Waals surface area contributed by atoms with E-state index in [-0.39, 0.29) is 42.7 Å². The Morgan fingerprint density at radius 2 is 1.85 bits per heavy atom. The number of phenolic OH excluding ortho intramolecular Hbond substituents is 1. The summed E-state index contributed by atoms with van der Waals surface area (Å²) in [5, 5.41) is 23.7. The average molecular weight is 451 g/mol. The van der Waals surface area contributed by atoms with Gasteiger partial charge in [0.1, 0.15) is 17.8 Å². The number of aromatic hydroxyl groups is 1. The molecule has 2 aromatic carbocycles. The molecular weight excluding hydrogens is 430 g/mol. The summed E-state index contributed by atoms with van der Waals surface area (Å²) in [5.41, 5.74) is 1.42. The molecule has 4 amide bonds. The van der Waals surface area contributed by atoms with Crippen molar-refractivity contribution in [3.05, 3.63) is 64.7 Å². The van der Waals surface area contributed by atoms with E-state index in [1.54, 1.807) is 18.2 Å². The highest BCUT2D eigenvalue weighted by Gasteiger charge is 2.40. The molecule has 2 aromatic rings. The average Bonchev–Trinajstić information content (AvgIpc) is 3.11. The third-order valence-corrected chi connectivity index (χ3v) is 5.81. The molecule has 1 saturated heterocycles. The van der Waals surface area contributed by atoms with Crippen molar-refractivity contribution in [2.75, 3.05) is 0 Å². The van der Waals surface area contributed by atoms with Gasteiger partial charge in [-0.2, -0.15) is 0 Å². The van der Waals surface area contributed by atoms with Crippen LogP contribution in [0.4, 0.5) is 0 Å². The van der Waals surface area contributed by atoms with Crippen molar-refractivity contribution in [1.82, 2.24) is 15.5 Å². The molecule has 4 N–H and O–H groups in total. The normalized spacial score (nSPS) is 18.5. The van der Waals surface area contributed by atoms with Gasteiger partial charge in [0.05, 0.1) is 0 Å². The summed E-state index contributed by atoms with van der Waals surface area (Å²) < 4.78 is 0. The monoisotopic (exact) mass is 451 g/mol. The van der Waals surface area contributed by atoms with Crippen LogP contribution in [0.25, 0.3) is 0 Å². The Morgan fingerprint density at radius 3 is 2.52 bits per heavy atom. The molecule has 170 valence electrons. The second-order valence-corrected chi connectivity index (χ2v) is 7.97. The van der Waals surface area contributed by atoms with Crippen LogP contribution in [-0.2, 0) is 27.3 Å². The molecule has 2 aliphatic rings. The van der Waals surface area contributed by atoms with Crippen molar-refractivity contribution in [3.8, 4) is 5.75 Å². The van der Waals surface area contributed by atoms with Crippen LogP contribution in [0.3, 0.4) is 0 Å². The molecule has 10 heteroatoms. The summed E-state index contributed by atoms with van der Waals surface area (Å²) in [7, 11) is 0. The maximum Gasteiger partial charge on any atom is 0.326 e. The van der Waals surface area contributed by atoms with Crippen molar-refractivity contribution in [2.45, 2.75) is 37.9 Å². The number of hydrogen-bond donors (Lipinski definition) is 4. The largest absolute Gasteiger partial charge is 0.508 e. The fraction of sp³-hybridized carbons (Fsp3) is 0.261. The lowest BCUT2D eigenvalue weighted by Gasteiger charge is -2.29. The molecule has 0 saturated carbocycles. The number of nitrogens with zero attached hydrogens (tertiary/aromatic N) is 1. The number of amides is 4. The highest BCUT2D eigenvalue weighted by molar-refractivity contribution is 6.08. The first-order valence-corrected chi connectivity index (χ1v) is 10.3. The lowest BCUT2D eigenvalue weighted by atomic mass is 10.0. The van der Waals surface area contributed by atoms with Crippen LogP contribution in [0.1, 0.15) is 44.7 Å². The van der Waals surface area contributed by atoms with E-state index in [1.807, 2.05) is 0 Å². The van der Waals surface area contributed by atoms with Crippen LogP contribution in [0.15, 0.2) is 42.5 Å². The maximum absolute atomic E-state index is 13.0. The summed E-state index contributed by atoms with van der Waals surface area (Å²) in [6, 6.07) is 8.49. The molecule has 1 fully saturated rings. The molecule has 1 unspecified atom stereocenters. The van der Waals surface area contributed by atoms with Crippen LogP contribution < -0.4 is 10.6 Å². The maximum atomic E-state index is 13.0. The summed E-state index contributed by atoms with van der Waals surface area (Å²) in [6.07, 6.45) is 0.304. The van der Waals surface area contributed by atoms with Crippen molar-refractivity contribution in [1.29, 1.82) is 0 Å². The zero-order chi connectivity index (χ0) is 23.7. The van der Waals surface area contributed by atoms with Gasteiger partial charge in [-0.05, 0) is 41.8 Å². The van der Waals surface area contributed by atoms with E-state index < -0.39 is 41.7 Å². The van der Waals surface area contributed by atoms with E-state index in [0.717, 1.165) is 0 Å². The Balaban J connectivity index is 1.54. The summed E-state index contributed by atoms with van der Waals surface area (Å²) in [5.74, 6) is -3.22. The number of aliphatic carboxylic acids is 1. The summed E-state index contributed by atoms with van der Waals surface area (Å²) >= 11 is 0. The van der Waals surface area contributed by atoms with E-state index in [9.17, 15) is 34.2 Å². The van der Waals surface area contributed by atoms with Gasteiger partial charge in [-0.3, -0.25) is 24.5 Å². The third kappa shape index (κ3) is 4.40. The molecule has 0 bridgehead atoms. The number of phenols is 1.